The molecule has 0 bridgehead atoms. The first-order valence-corrected chi connectivity index (χ1v) is 11.0. The molecule has 0 spiro atoms. The van der Waals surface area contributed by atoms with Gasteiger partial charge >= 0.3 is 0 Å². The molecule has 0 saturated carbocycles. The van der Waals surface area contributed by atoms with Gasteiger partial charge in [0, 0.05) is 36.0 Å². The molecule has 4 rings (SSSR count). The van der Waals surface area contributed by atoms with Crippen LogP contribution >= 0.6 is 0 Å². The number of aromatic nitrogens is 2. The Labute approximate surface area is 182 Å². The van der Waals surface area contributed by atoms with Gasteiger partial charge in [-0.15, -0.1) is 0 Å². The van der Waals surface area contributed by atoms with Gasteiger partial charge in [0.05, 0.1) is 6.20 Å². The summed E-state index contributed by atoms with van der Waals surface area (Å²) in [4.78, 5) is 2.54. The molecule has 1 N–H and O–H groups in total. The zero-order chi connectivity index (χ0) is 21.8. The maximum atomic E-state index is 14.2. The lowest BCUT2D eigenvalue weighted by molar-refractivity contribution is 0.194. The van der Waals surface area contributed by atoms with Crippen molar-refractivity contribution in [2.24, 2.45) is 0 Å². The quantitative estimate of drug-likeness (QED) is 0.591. The lowest BCUT2D eigenvalue weighted by Crippen LogP contribution is -2.43. The normalized spacial score (nSPS) is 16.5. The summed E-state index contributed by atoms with van der Waals surface area (Å²) in [6.45, 7) is 7.33. The highest BCUT2D eigenvalue weighted by Crippen LogP contribution is 2.24. The maximum absolute atomic E-state index is 14.2. The number of hydrogen-bond acceptors (Lipinski definition) is 3. The van der Waals surface area contributed by atoms with Crippen molar-refractivity contribution in [3.8, 4) is 5.69 Å². The molecule has 0 amide bonds. The van der Waals surface area contributed by atoms with Crippen molar-refractivity contribution in [2.45, 2.75) is 45.2 Å². The zero-order valence-corrected chi connectivity index (χ0v) is 18.2. The number of piperidine rings is 1. The van der Waals surface area contributed by atoms with Crippen LogP contribution in [0.15, 0.2) is 54.7 Å². The van der Waals surface area contributed by atoms with E-state index in [1.807, 2.05) is 6.92 Å². The summed E-state index contributed by atoms with van der Waals surface area (Å²) in [5.41, 5.74) is 3.56. The summed E-state index contributed by atoms with van der Waals surface area (Å²) < 4.78 is 29.0. The predicted molar refractivity (Wildman–Crippen MR) is 119 cm³/mol. The maximum Gasteiger partial charge on any atom is 0.151 e. The number of halogens is 2. The van der Waals surface area contributed by atoms with Crippen LogP contribution in [0.5, 0.6) is 0 Å². The van der Waals surface area contributed by atoms with E-state index < -0.39 is 11.6 Å². The molecular weight excluding hydrogens is 394 g/mol. The van der Waals surface area contributed by atoms with Crippen molar-refractivity contribution in [3.63, 3.8) is 0 Å². The van der Waals surface area contributed by atoms with Crippen molar-refractivity contribution in [2.75, 3.05) is 19.6 Å². The molecule has 1 aliphatic rings. The number of nitrogens with zero attached hydrogens (tertiary/aromatic N) is 3. The van der Waals surface area contributed by atoms with Crippen LogP contribution in [0.4, 0.5) is 8.78 Å². The van der Waals surface area contributed by atoms with Crippen molar-refractivity contribution < 1.29 is 8.78 Å². The van der Waals surface area contributed by atoms with Gasteiger partial charge in [-0.25, -0.2) is 13.5 Å². The van der Waals surface area contributed by atoms with E-state index >= 15 is 0 Å². The SMILES string of the molecule is Cc1c([C@@H](C)NC2CCN(CCc3ccccc3)CC2)cnn1-c1ccc(F)cc1F. The minimum atomic E-state index is -0.610. The molecule has 1 atom stereocenters. The molecule has 31 heavy (non-hydrogen) atoms. The molecule has 1 fully saturated rings. The monoisotopic (exact) mass is 424 g/mol. The first-order valence-electron chi connectivity index (χ1n) is 11.0. The molecule has 0 aliphatic carbocycles. The van der Waals surface area contributed by atoms with Crippen molar-refractivity contribution >= 4 is 0 Å². The van der Waals surface area contributed by atoms with E-state index in [0.717, 1.165) is 56.2 Å². The van der Waals surface area contributed by atoms with Crippen LogP contribution in [0.2, 0.25) is 0 Å². The number of likely N-dealkylation sites (tertiary alicyclic amines) is 1. The lowest BCUT2D eigenvalue weighted by Gasteiger charge is -2.34. The molecule has 2 heterocycles. The van der Waals surface area contributed by atoms with Gasteiger partial charge in [0.15, 0.2) is 5.82 Å². The summed E-state index contributed by atoms with van der Waals surface area (Å²) in [5.74, 6) is -1.20. The Morgan fingerprint density at radius 2 is 1.84 bits per heavy atom. The summed E-state index contributed by atoms with van der Waals surface area (Å²) in [5, 5.41) is 8.09. The molecule has 4 nitrogen and oxygen atoms in total. The lowest BCUT2D eigenvalue weighted by atomic mass is 10.0. The van der Waals surface area contributed by atoms with E-state index in [2.05, 4.69) is 52.6 Å². The summed E-state index contributed by atoms with van der Waals surface area (Å²) in [6.07, 6.45) is 5.09. The average molecular weight is 425 g/mol. The number of nitrogens with one attached hydrogen (secondary N) is 1. The van der Waals surface area contributed by atoms with Gasteiger partial charge in [-0.3, -0.25) is 0 Å². The smallest absolute Gasteiger partial charge is 0.151 e. The molecule has 164 valence electrons. The Morgan fingerprint density at radius 3 is 2.55 bits per heavy atom. The van der Waals surface area contributed by atoms with Crippen LogP contribution in [0.1, 0.15) is 42.6 Å². The van der Waals surface area contributed by atoms with Crippen molar-refractivity contribution in [3.05, 3.63) is 83.2 Å². The van der Waals surface area contributed by atoms with Crippen molar-refractivity contribution in [1.82, 2.24) is 20.0 Å². The minimum Gasteiger partial charge on any atom is -0.307 e. The molecule has 1 aromatic heterocycles. The topological polar surface area (TPSA) is 33.1 Å². The molecule has 3 aromatic rings. The highest BCUT2D eigenvalue weighted by Gasteiger charge is 2.23. The Kier molecular flexibility index (Phi) is 6.78. The average Bonchev–Trinajstić information content (AvgIpc) is 3.15. The first-order chi connectivity index (χ1) is 15.0. The van der Waals surface area contributed by atoms with E-state index in [1.165, 1.54) is 17.7 Å². The highest BCUT2D eigenvalue weighted by molar-refractivity contribution is 5.37. The van der Waals surface area contributed by atoms with E-state index in [1.54, 1.807) is 10.9 Å². The van der Waals surface area contributed by atoms with Gasteiger partial charge in [0.25, 0.3) is 0 Å². The molecular formula is C25H30F2N4. The van der Waals surface area contributed by atoms with Gasteiger partial charge in [0.2, 0.25) is 0 Å². The number of hydrogen-bond donors (Lipinski definition) is 1. The minimum absolute atomic E-state index is 0.109. The molecule has 1 aliphatic heterocycles. The number of benzene rings is 2. The summed E-state index contributed by atoms with van der Waals surface area (Å²) in [6, 6.07) is 14.8. The van der Waals surface area contributed by atoms with Gasteiger partial charge in [0.1, 0.15) is 11.5 Å². The van der Waals surface area contributed by atoms with Gasteiger partial charge in [-0.05, 0) is 63.9 Å². The molecule has 0 radical (unpaired) electrons. The van der Waals surface area contributed by atoms with E-state index in [4.69, 9.17) is 0 Å². The van der Waals surface area contributed by atoms with Crippen LogP contribution in [0.25, 0.3) is 5.69 Å². The third-order valence-corrected chi connectivity index (χ3v) is 6.29. The Balaban J connectivity index is 1.31. The van der Waals surface area contributed by atoms with Gasteiger partial charge in [-0.1, -0.05) is 30.3 Å². The van der Waals surface area contributed by atoms with Crippen LogP contribution in [-0.4, -0.2) is 40.4 Å². The third kappa shape index (κ3) is 5.20. The van der Waals surface area contributed by atoms with E-state index in [-0.39, 0.29) is 11.7 Å². The van der Waals surface area contributed by atoms with Gasteiger partial charge < -0.3 is 10.2 Å². The Hall–Kier alpha value is -2.57. The van der Waals surface area contributed by atoms with Crippen LogP contribution in [0, 0.1) is 18.6 Å². The fraction of sp³-hybridized carbons (Fsp3) is 0.400. The second kappa shape index (κ2) is 9.71. The Morgan fingerprint density at radius 1 is 1.10 bits per heavy atom. The number of rotatable bonds is 7. The zero-order valence-electron chi connectivity index (χ0n) is 18.2. The highest BCUT2D eigenvalue weighted by atomic mass is 19.1. The second-order valence-corrected chi connectivity index (χ2v) is 8.43. The standard InChI is InChI=1S/C25H30F2N4/c1-18(23-17-28-31(19(23)2)25-9-8-21(26)16-24(25)27)29-22-11-14-30(15-12-22)13-10-20-6-4-3-5-7-20/h3-9,16-18,22,29H,10-15H2,1-2H3/t18-/m1/s1. The molecule has 0 unspecified atom stereocenters. The fourth-order valence-corrected chi connectivity index (χ4v) is 4.44. The Bertz CT molecular complexity index is 994. The van der Waals surface area contributed by atoms with Gasteiger partial charge in [-0.2, -0.15) is 5.10 Å². The van der Waals surface area contributed by atoms with E-state index in [9.17, 15) is 8.78 Å². The van der Waals surface area contributed by atoms with Crippen LogP contribution in [-0.2, 0) is 6.42 Å². The van der Waals surface area contributed by atoms with Crippen LogP contribution in [0.3, 0.4) is 0 Å². The summed E-state index contributed by atoms with van der Waals surface area (Å²) >= 11 is 0. The molecule has 1 saturated heterocycles. The third-order valence-electron chi connectivity index (χ3n) is 6.29. The predicted octanol–water partition coefficient (Wildman–Crippen LogP) is 4.82. The second-order valence-electron chi connectivity index (χ2n) is 8.43. The first kappa shape index (κ1) is 21.7. The molecule has 6 heteroatoms. The van der Waals surface area contributed by atoms with E-state index in [0.29, 0.717) is 6.04 Å². The van der Waals surface area contributed by atoms with Crippen LogP contribution < -0.4 is 5.32 Å². The van der Waals surface area contributed by atoms with Crippen molar-refractivity contribution in [1.29, 1.82) is 0 Å². The fourth-order valence-electron chi connectivity index (χ4n) is 4.44. The largest absolute Gasteiger partial charge is 0.307 e. The summed E-state index contributed by atoms with van der Waals surface area (Å²) in [7, 11) is 0. The molecule has 2 aromatic carbocycles.